The van der Waals surface area contributed by atoms with Gasteiger partial charge in [-0.25, -0.2) is 18.4 Å². The molecule has 3 aromatic rings. The zero-order chi connectivity index (χ0) is 24.6. The van der Waals surface area contributed by atoms with Crippen LogP contribution in [-0.4, -0.2) is 57.7 Å². The number of alkyl halides is 1. The van der Waals surface area contributed by atoms with E-state index in [0.717, 1.165) is 0 Å². The van der Waals surface area contributed by atoms with Crippen LogP contribution in [-0.2, 0) is 25.0 Å². The second kappa shape index (κ2) is 11.9. The summed E-state index contributed by atoms with van der Waals surface area (Å²) in [7, 11) is -1.39. The number of aromatic nitrogens is 3. The zero-order valence-electron chi connectivity index (χ0n) is 18.9. The van der Waals surface area contributed by atoms with Crippen molar-refractivity contribution >= 4 is 25.5 Å². The molecule has 1 amide bonds. The lowest BCUT2D eigenvalue weighted by atomic mass is 9.95. The van der Waals surface area contributed by atoms with E-state index in [1.165, 1.54) is 18.0 Å². The Morgan fingerprint density at radius 1 is 1.29 bits per heavy atom. The van der Waals surface area contributed by atoms with E-state index < -0.39 is 33.2 Å². The summed E-state index contributed by atoms with van der Waals surface area (Å²) in [6.45, 7) is 0.280. The maximum atomic E-state index is 14.1. The fourth-order valence-corrected chi connectivity index (χ4v) is 3.94. The van der Waals surface area contributed by atoms with Crippen molar-refractivity contribution in [2.45, 2.75) is 37.9 Å². The molecule has 0 bridgehead atoms. The second-order valence-electron chi connectivity index (χ2n) is 7.55. The van der Waals surface area contributed by atoms with Crippen LogP contribution in [0.4, 0.5) is 10.2 Å². The predicted molar refractivity (Wildman–Crippen MR) is 123 cm³/mol. The summed E-state index contributed by atoms with van der Waals surface area (Å²) >= 11 is 0. The molecule has 182 valence electrons. The quantitative estimate of drug-likeness (QED) is 0.347. The van der Waals surface area contributed by atoms with Gasteiger partial charge in [0.25, 0.3) is 0 Å². The number of hydrogen-bond acceptors (Lipinski definition) is 8. The number of methoxy groups -OCH3 is 1. The molecule has 0 aliphatic heterocycles. The monoisotopic (exact) mass is 493 g/mol. The number of carbonyl (C=O) groups is 1. The lowest BCUT2D eigenvalue weighted by molar-refractivity contribution is -0.134. The highest BCUT2D eigenvalue weighted by Gasteiger charge is 2.43. The molecule has 0 saturated carbocycles. The number of rotatable bonds is 13. The predicted octanol–water partition coefficient (Wildman–Crippen LogP) is 3.48. The van der Waals surface area contributed by atoms with Gasteiger partial charge in [-0.05, 0) is 30.7 Å². The number of halogens is 1. The number of para-hydroxylation sites is 1. The minimum atomic E-state index is -2.63. The topological polar surface area (TPSA) is 124 Å². The van der Waals surface area contributed by atoms with Crippen LogP contribution in [0.25, 0.3) is 5.52 Å². The average Bonchev–Trinajstić information content (AvgIpc) is 3.24. The Hall–Kier alpha value is -2.98. The Morgan fingerprint density at radius 2 is 2.06 bits per heavy atom. The van der Waals surface area contributed by atoms with Gasteiger partial charge in [-0.15, -0.1) is 4.52 Å². The Kier molecular flexibility index (Phi) is 9.00. The molecule has 0 aliphatic carbocycles. The Morgan fingerprint density at radius 3 is 2.74 bits per heavy atom. The normalized spacial score (nSPS) is 14.4. The van der Waals surface area contributed by atoms with Crippen LogP contribution in [0.2, 0.25) is 0 Å². The number of benzene rings is 1. The smallest absolute Gasteiger partial charge is 0.390 e. The number of nitrogens with zero attached hydrogens (tertiary/aromatic N) is 3. The van der Waals surface area contributed by atoms with E-state index in [0.29, 0.717) is 35.6 Å². The number of hydrogen-bond donors (Lipinski definition) is 2. The summed E-state index contributed by atoms with van der Waals surface area (Å²) in [4.78, 5) is 16.1. The Balaban J connectivity index is 1.71. The molecule has 0 aliphatic rings. The molecule has 2 heterocycles. The van der Waals surface area contributed by atoms with Gasteiger partial charge in [-0.2, -0.15) is 5.10 Å². The number of anilines is 1. The number of aliphatic hydroxyl groups excluding tert-OH is 1. The highest BCUT2D eigenvalue weighted by atomic mass is 31.1. The first-order valence-corrected chi connectivity index (χ1v) is 11.8. The third-order valence-corrected chi connectivity index (χ3v) is 5.95. The molecule has 12 heteroatoms. The summed E-state index contributed by atoms with van der Waals surface area (Å²) in [5.74, 6) is 0.482. The molecule has 1 unspecified atom stereocenters. The molecule has 10 nitrogen and oxygen atoms in total. The minimum Gasteiger partial charge on any atom is -0.390 e. The van der Waals surface area contributed by atoms with Gasteiger partial charge in [0.15, 0.2) is 17.2 Å². The van der Waals surface area contributed by atoms with Crippen molar-refractivity contribution in [2.75, 3.05) is 25.7 Å². The van der Waals surface area contributed by atoms with Crippen molar-refractivity contribution in [3.05, 3.63) is 54.5 Å². The molecular formula is C22H27FN4O6P+. The number of nitrogens with one attached hydrogen (secondary N) is 1. The van der Waals surface area contributed by atoms with Crippen molar-refractivity contribution in [3.8, 4) is 5.75 Å². The van der Waals surface area contributed by atoms with Crippen LogP contribution in [0.15, 0.2) is 48.8 Å². The molecular weight excluding hydrogens is 466 g/mol. The second-order valence-corrected chi connectivity index (χ2v) is 8.44. The van der Waals surface area contributed by atoms with E-state index in [4.69, 9.17) is 13.8 Å². The number of aliphatic hydroxyl groups is 1. The van der Waals surface area contributed by atoms with Crippen LogP contribution >= 0.6 is 8.25 Å². The maximum absolute atomic E-state index is 14.1. The summed E-state index contributed by atoms with van der Waals surface area (Å²) in [6, 6.07) is 11.8. The van der Waals surface area contributed by atoms with E-state index in [1.54, 1.807) is 42.5 Å². The van der Waals surface area contributed by atoms with Crippen molar-refractivity contribution in [2.24, 2.45) is 0 Å². The molecule has 3 rings (SSSR count). The summed E-state index contributed by atoms with van der Waals surface area (Å²) in [6.07, 6.45) is 0.876. The molecule has 2 aromatic heterocycles. The molecule has 1 aromatic carbocycles. The van der Waals surface area contributed by atoms with Crippen LogP contribution < -0.4 is 9.84 Å². The van der Waals surface area contributed by atoms with E-state index in [1.807, 2.05) is 6.92 Å². The molecule has 0 spiro atoms. The van der Waals surface area contributed by atoms with Gasteiger partial charge >= 0.3 is 8.25 Å². The molecule has 3 atom stereocenters. The highest BCUT2D eigenvalue weighted by Crippen LogP contribution is 2.31. The van der Waals surface area contributed by atoms with Crippen LogP contribution in [0, 0.1) is 0 Å². The van der Waals surface area contributed by atoms with Crippen molar-refractivity contribution in [1.82, 2.24) is 14.6 Å². The van der Waals surface area contributed by atoms with Crippen LogP contribution in [0.3, 0.4) is 0 Å². The molecule has 2 N–H and O–H groups in total. The van der Waals surface area contributed by atoms with Crippen LogP contribution in [0.5, 0.6) is 5.75 Å². The van der Waals surface area contributed by atoms with Crippen LogP contribution in [0.1, 0.15) is 25.5 Å². The Bertz CT molecular complexity index is 1110. The summed E-state index contributed by atoms with van der Waals surface area (Å²) in [5, 5.41) is 17.8. The fourth-order valence-electron chi connectivity index (χ4n) is 3.27. The maximum Gasteiger partial charge on any atom is 0.750 e. The third kappa shape index (κ3) is 6.12. The van der Waals surface area contributed by atoms with Gasteiger partial charge in [0.2, 0.25) is 5.91 Å². The number of ether oxygens (including phenoxy) is 1. The first kappa shape index (κ1) is 25.6. The van der Waals surface area contributed by atoms with Gasteiger partial charge in [0, 0.05) is 30.2 Å². The van der Waals surface area contributed by atoms with Gasteiger partial charge in [0.05, 0.1) is 6.10 Å². The minimum absolute atomic E-state index is 0.0645. The van der Waals surface area contributed by atoms with Crippen molar-refractivity contribution < 1.29 is 32.6 Å². The third-order valence-electron chi connectivity index (χ3n) is 5.25. The van der Waals surface area contributed by atoms with E-state index in [2.05, 4.69) is 15.4 Å². The largest absolute Gasteiger partial charge is 0.750 e. The van der Waals surface area contributed by atoms with Gasteiger partial charge < -0.3 is 15.2 Å². The first-order chi connectivity index (χ1) is 16.4. The molecule has 34 heavy (non-hydrogen) atoms. The van der Waals surface area contributed by atoms with Crippen molar-refractivity contribution in [3.63, 3.8) is 0 Å². The molecule has 0 saturated heterocycles. The van der Waals surface area contributed by atoms with Gasteiger partial charge in [-0.3, -0.25) is 4.79 Å². The van der Waals surface area contributed by atoms with E-state index in [9.17, 15) is 18.9 Å². The van der Waals surface area contributed by atoms with Gasteiger partial charge in [0.1, 0.15) is 25.1 Å². The number of carbonyl (C=O) groups excluding carboxylic acids is 1. The number of amides is 1. The lowest BCUT2D eigenvalue weighted by Gasteiger charge is -2.31. The fraction of sp³-hybridized carbons (Fsp3) is 0.409. The van der Waals surface area contributed by atoms with E-state index in [-0.39, 0.29) is 12.3 Å². The molecule has 0 radical (unpaired) electrons. The average molecular weight is 493 g/mol. The standard InChI is InChI=1S/C22H26FN4O6P/c1-3-7-20(29)26-21-18-11-10-16(27(18)25-15-24-21)12-19(28)22(13-23,31-2)14-32-34(30)33-17-8-5-4-6-9-17/h4-6,8-11,15,19,28H,3,7,12-14H2,1-2H3/p+1/t19-,22+/m0/s1. The first-order valence-electron chi connectivity index (χ1n) is 10.7. The number of fused-ring (bicyclic) bond motifs is 1. The SMILES string of the molecule is CCCC(=O)Nc1ncnn2c(C[C@H](O)[C@@](CF)(CO[P+](=O)Oc3ccccc3)OC)ccc12. The summed E-state index contributed by atoms with van der Waals surface area (Å²) in [5.41, 5.74) is -0.746. The lowest BCUT2D eigenvalue weighted by Crippen LogP contribution is -2.51. The zero-order valence-corrected chi connectivity index (χ0v) is 19.8. The van der Waals surface area contributed by atoms with Gasteiger partial charge in [-0.1, -0.05) is 25.1 Å². The summed E-state index contributed by atoms with van der Waals surface area (Å²) < 4.78 is 43.4. The Labute approximate surface area is 197 Å². The van der Waals surface area contributed by atoms with E-state index >= 15 is 0 Å². The van der Waals surface area contributed by atoms with Crippen molar-refractivity contribution in [1.29, 1.82) is 0 Å². The molecule has 0 fully saturated rings. The highest BCUT2D eigenvalue weighted by molar-refractivity contribution is 7.33.